The normalized spacial score (nSPS) is 10.4. The fraction of sp³-hybridized carbons (Fsp3) is 0.0909. The Morgan fingerprint density at radius 3 is 2.75 bits per heavy atom. The quantitative estimate of drug-likeness (QED) is 0.728. The molecule has 1 heterocycles. The number of carbonyl (C=O) groups excluding carboxylic acids is 1. The number of aryl methyl sites for hydroxylation is 1. The Balaban J connectivity index is 2.45. The fourth-order valence-electron chi connectivity index (χ4n) is 1.35. The Kier molecular flexibility index (Phi) is 2.52. The molecular weight excluding hydrogens is 214 g/mol. The van der Waals surface area contributed by atoms with E-state index in [1.54, 1.807) is 11.6 Å². The van der Waals surface area contributed by atoms with Crippen molar-refractivity contribution in [2.45, 2.75) is 0 Å². The number of imidazole rings is 1. The van der Waals surface area contributed by atoms with Gasteiger partial charge in [0.2, 0.25) is 5.78 Å². The van der Waals surface area contributed by atoms with E-state index >= 15 is 0 Å². The Hall–Kier alpha value is -2.04. The van der Waals surface area contributed by atoms with Gasteiger partial charge in [-0.05, 0) is 12.1 Å². The maximum absolute atomic E-state index is 13.3. The highest BCUT2D eigenvalue weighted by molar-refractivity contribution is 6.07. The molecule has 0 aliphatic carbocycles. The van der Waals surface area contributed by atoms with Crippen molar-refractivity contribution < 1.29 is 13.6 Å². The largest absolute Gasteiger partial charge is 0.340 e. The zero-order valence-electron chi connectivity index (χ0n) is 8.45. The number of benzene rings is 1. The van der Waals surface area contributed by atoms with Gasteiger partial charge in [0.1, 0.15) is 5.69 Å². The number of hydrogen-bond acceptors (Lipinski definition) is 2. The Bertz CT molecular complexity index is 549. The van der Waals surface area contributed by atoms with Gasteiger partial charge in [0.25, 0.3) is 0 Å². The lowest BCUT2D eigenvalue weighted by atomic mass is 10.1. The van der Waals surface area contributed by atoms with Crippen LogP contribution in [0.15, 0.2) is 30.7 Å². The van der Waals surface area contributed by atoms with Crippen LogP contribution in [0.25, 0.3) is 0 Å². The molecular formula is C11H8F2N2O. The summed E-state index contributed by atoms with van der Waals surface area (Å²) >= 11 is 0. The van der Waals surface area contributed by atoms with Crippen LogP contribution in [-0.4, -0.2) is 15.3 Å². The summed E-state index contributed by atoms with van der Waals surface area (Å²) in [6.07, 6.45) is 2.87. The zero-order valence-corrected chi connectivity index (χ0v) is 8.45. The van der Waals surface area contributed by atoms with Gasteiger partial charge < -0.3 is 4.57 Å². The molecule has 0 saturated carbocycles. The highest BCUT2D eigenvalue weighted by Gasteiger charge is 2.18. The summed E-state index contributed by atoms with van der Waals surface area (Å²) in [5, 5.41) is 0. The smallest absolute Gasteiger partial charge is 0.215 e. The second-order valence-electron chi connectivity index (χ2n) is 3.35. The van der Waals surface area contributed by atoms with Crippen molar-refractivity contribution in [3.8, 4) is 0 Å². The van der Waals surface area contributed by atoms with Crippen molar-refractivity contribution in [2.75, 3.05) is 0 Å². The van der Waals surface area contributed by atoms with Gasteiger partial charge in [-0.15, -0.1) is 0 Å². The molecule has 0 saturated heterocycles. The Labute approximate surface area is 90.3 Å². The molecule has 0 fully saturated rings. The van der Waals surface area contributed by atoms with E-state index in [1.165, 1.54) is 24.7 Å². The van der Waals surface area contributed by atoms with Gasteiger partial charge in [0, 0.05) is 13.2 Å². The second kappa shape index (κ2) is 3.84. The molecule has 0 aliphatic heterocycles. The number of hydrogen-bond donors (Lipinski definition) is 0. The highest BCUT2D eigenvalue weighted by atomic mass is 19.2. The summed E-state index contributed by atoms with van der Waals surface area (Å²) in [6, 6.07) is 3.48. The minimum absolute atomic E-state index is 0.0898. The van der Waals surface area contributed by atoms with E-state index in [1.807, 2.05) is 0 Å². The third-order valence-corrected chi connectivity index (χ3v) is 2.13. The summed E-state index contributed by atoms with van der Waals surface area (Å²) in [4.78, 5) is 15.5. The van der Waals surface area contributed by atoms with Gasteiger partial charge in [-0.1, -0.05) is 6.07 Å². The molecule has 1 aromatic carbocycles. The van der Waals surface area contributed by atoms with Crippen molar-refractivity contribution in [2.24, 2.45) is 7.05 Å². The molecule has 1 aromatic heterocycles. The van der Waals surface area contributed by atoms with E-state index in [0.29, 0.717) is 0 Å². The maximum atomic E-state index is 13.3. The van der Waals surface area contributed by atoms with Crippen LogP contribution in [0.2, 0.25) is 0 Å². The van der Waals surface area contributed by atoms with Crippen LogP contribution in [0, 0.1) is 11.6 Å². The summed E-state index contributed by atoms with van der Waals surface area (Å²) in [7, 11) is 1.69. The van der Waals surface area contributed by atoms with Crippen molar-refractivity contribution >= 4 is 5.78 Å². The third-order valence-electron chi connectivity index (χ3n) is 2.13. The van der Waals surface area contributed by atoms with Crippen LogP contribution in [0.1, 0.15) is 16.1 Å². The molecule has 3 nitrogen and oxygen atoms in total. The van der Waals surface area contributed by atoms with Crippen LogP contribution >= 0.6 is 0 Å². The number of aromatic nitrogens is 2. The van der Waals surface area contributed by atoms with E-state index in [2.05, 4.69) is 4.98 Å². The van der Waals surface area contributed by atoms with Gasteiger partial charge in [-0.3, -0.25) is 4.79 Å². The Morgan fingerprint density at radius 1 is 1.38 bits per heavy atom. The van der Waals surface area contributed by atoms with E-state index in [9.17, 15) is 13.6 Å². The predicted octanol–water partition coefficient (Wildman–Crippen LogP) is 1.93. The number of rotatable bonds is 2. The average molecular weight is 222 g/mol. The fourth-order valence-corrected chi connectivity index (χ4v) is 1.35. The monoisotopic (exact) mass is 222 g/mol. The maximum Gasteiger partial charge on any atom is 0.215 e. The molecule has 0 bridgehead atoms. The lowest BCUT2D eigenvalue weighted by Gasteiger charge is -2.00. The number of halogens is 2. The SMILES string of the molecule is Cn1cnc(C(=O)c2cccc(F)c2F)c1. The molecule has 0 spiro atoms. The van der Waals surface area contributed by atoms with Crippen molar-refractivity contribution in [1.82, 2.24) is 9.55 Å². The van der Waals surface area contributed by atoms with Crippen LogP contribution in [0.3, 0.4) is 0 Å². The zero-order chi connectivity index (χ0) is 11.7. The topological polar surface area (TPSA) is 34.9 Å². The van der Waals surface area contributed by atoms with Crippen LogP contribution < -0.4 is 0 Å². The van der Waals surface area contributed by atoms with Crippen LogP contribution in [-0.2, 0) is 7.05 Å². The summed E-state index contributed by atoms with van der Waals surface area (Å²) < 4.78 is 27.8. The first-order chi connectivity index (χ1) is 7.59. The molecule has 0 atom stereocenters. The first kappa shape index (κ1) is 10.5. The number of carbonyl (C=O) groups is 1. The summed E-state index contributed by atoms with van der Waals surface area (Å²) in [5.41, 5.74) is -0.217. The van der Waals surface area contributed by atoms with E-state index in [-0.39, 0.29) is 11.3 Å². The van der Waals surface area contributed by atoms with Gasteiger partial charge in [0.05, 0.1) is 11.9 Å². The standard InChI is InChI=1S/C11H8F2N2O/c1-15-5-9(14-6-15)11(16)7-3-2-4-8(12)10(7)13/h2-6H,1H3. The molecule has 82 valence electrons. The molecule has 16 heavy (non-hydrogen) atoms. The van der Waals surface area contributed by atoms with Crippen molar-refractivity contribution in [3.63, 3.8) is 0 Å². The molecule has 0 unspecified atom stereocenters. The Morgan fingerprint density at radius 2 is 2.12 bits per heavy atom. The van der Waals surface area contributed by atoms with Crippen molar-refractivity contribution in [1.29, 1.82) is 0 Å². The van der Waals surface area contributed by atoms with E-state index in [4.69, 9.17) is 0 Å². The van der Waals surface area contributed by atoms with Crippen LogP contribution in [0.5, 0.6) is 0 Å². The first-order valence-corrected chi connectivity index (χ1v) is 4.56. The van der Waals surface area contributed by atoms with Gasteiger partial charge in [-0.2, -0.15) is 0 Å². The molecule has 5 heteroatoms. The minimum Gasteiger partial charge on any atom is -0.340 e. The lowest BCUT2D eigenvalue weighted by Crippen LogP contribution is -2.06. The molecule has 2 rings (SSSR count). The van der Waals surface area contributed by atoms with E-state index < -0.39 is 17.4 Å². The number of nitrogens with zero attached hydrogens (tertiary/aromatic N) is 2. The summed E-state index contributed by atoms with van der Waals surface area (Å²) in [6.45, 7) is 0. The predicted molar refractivity (Wildman–Crippen MR) is 53.0 cm³/mol. The third kappa shape index (κ3) is 1.71. The molecule has 0 N–H and O–H groups in total. The van der Waals surface area contributed by atoms with Gasteiger partial charge in [-0.25, -0.2) is 13.8 Å². The molecule has 0 radical (unpaired) electrons. The van der Waals surface area contributed by atoms with Gasteiger partial charge in [0.15, 0.2) is 11.6 Å². The van der Waals surface area contributed by atoms with E-state index in [0.717, 1.165) is 6.07 Å². The number of ketones is 1. The molecule has 2 aromatic rings. The second-order valence-corrected chi connectivity index (χ2v) is 3.35. The first-order valence-electron chi connectivity index (χ1n) is 4.56. The highest BCUT2D eigenvalue weighted by Crippen LogP contribution is 2.14. The minimum atomic E-state index is -1.14. The molecule has 0 amide bonds. The average Bonchev–Trinajstić information content (AvgIpc) is 2.68. The molecule has 0 aliphatic rings. The van der Waals surface area contributed by atoms with Gasteiger partial charge >= 0.3 is 0 Å². The van der Waals surface area contributed by atoms with Crippen molar-refractivity contribution in [3.05, 3.63) is 53.6 Å². The summed E-state index contributed by atoms with van der Waals surface area (Å²) in [5.74, 6) is -2.81. The lowest BCUT2D eigenvalue weighted by molar-refractivity contribution is 0.103. The van der Waals surface area contributed by atoms with Crippen LogP contribution in [0.4, 0.5) is 8.78 Å².